The molecule has 24 heavy (non-hydrogen) atoms. The van der Waals surface area contributed by atoms with Crippen LogP contribution in [0.3, 0.4) is 0 Å². The van der Waals surface area contributed by atoms with Gasteiger partial charge in [-0.25, -0.2) is 0 Å². The zero-order valence-corrected chi connectivity index (χ0v) is 13.8. The van der Waals surface area contributed by atoms with Gasteiger partial charge in [0, 0.05) is 19.0 Å². The van der Waals surface area contributed by atoms with E-state index in [-0.39, 0.29) is 5.91 Å². The number of rotatable bonds is 7. The van der Waals surface area contributed by atoms with Gasteiger partial charge in [-0.15, -0.1) is 0 Å². The summed E-state index contributed by atoms with van der Waals surface area (Å²) in [5.74, 6) is 0.947. The van der Waals surface area contributed by atoms with Crippen molar-refractivity contribution in [2.24, 2.45) is 0 Å². The SMILES string of the molecule is O=C(CC1CCCN1)NCc1ccc(OCc2ccccc2)cc1. The van der Waals surface area contributed by atoms with Crippen molar-refractivity contribution in [3.63, 3.8) is 0 Å². The van der Waals surface area contributed by atoms with E-state index in [0.29, 0.717) is 25.6 Å². The van der Waals surface area contributed by atoms with E-state index >= 15 is 0 Å². The lowest BCUT2D eigenvalue weighted by Crippen LogP contribution is -2.31. The van der Waals surface area contributed by atoms with Gasteiger partial charge in [0.25, 0.3) is 0 Å². The Labute approximate surface area is 143 Å². The zero-order chi connectivity index (χ0) is 16.6. The van der Waals surface area contributed by atoms with Crippen molar-refractivity contribution in [3.05, 3.63) is 65.7 Å². The summed E-state index contributed by atoms with van der Waals surface area (Å²) >= 11 is 0. The standard InChI is InChI=1S/C20H24N2O2/c23-20(13-18-7-4-12-21-18)22-14-16-8-10-19(11-9-16)24-15-17-5-2-1-3-6-17/h1-3,5-6,8-11,18,21H,4,7,12-15H2,(H,22,23). The summed E-state index contributed by atoms with van der Waals surface area (Å²) in [5, 5.41) is 6.33. The van der Waals surface area contributed by atoms with Crippen LogP contribution in [0, 0.1) is 0 Å². The van der Waals surface area contributed by atoms with E-state index in [0.717, 1.165) is 29.8 Å². The molecule has 3 rings (SSSR count). The molecule has 4 heteroatoms. The summed E-state index contributed by atoms with van der Waals surface area (Å²) in [6.07, 6.45) is 2.83. The van der Waals surface area contributed by atoms with E-state index < -0.39 is 0 Å². The topological polar surface area (TPSA) is 50.4 Å². The molecule has 0 spiro atoms. The average molecular weight is 324 g/mol. The molecule has 0 bridgehead atoms. The summed E-state index contributed by atoms with van der Waals surface area (Å²) < 4.78 is 5.77. The Morgan fingerprint density at radius 1 is 1.08 bits per heavy atom. The Balaban J connectivity index is 1.41. The Kier molecular flexibility index (Phi) is 5.85. The largest absolute Gasteiger partial charge is 0.489 e. The van der Waals surface area contributed by atoms with E-state index in [1.165, 1.54) is 6.42 Å². The van der Waals surface area contributed by atoms with E-state index in [9.17, 15) is 4.79 Å². The van der Waals surface area contributed by atoms with Gasteiger partial charge in [-0.2, -0.15) is 0 Å². The fourth-order valence-electron chi connectivity index (χ4n) is 2.87. The maximum atomic E-state index is 11.9. The molecule has 0 saturated carbocycles. The van der Waals surface area contributed by atoms with Crippen LogP contribution in [0.2, 0.25) is 0 Å². The summed E-state index contributed by atoms with van der Waals surface area (Å²) in [5.41, 5.74) is 2.23. The van der Waals surface area contributed by atoms with Gasteiger partial charge in [0.1, 0.15) is 12.4 Å². The maximum Gasteiger partial charge on any atom is 0.221 e. The third-order valence-corrected chi connectivity index (χ3v) is 4.26. The Hall–Kier alpha value is -2.33. The molecule has 1 aliphatic rings. The summed E-state index contributed by atoms with van der Waals surface area (Å²) in [6.45, 7) is 2.15. The van der Waals surface area contributed by atoms with Crippen LogP contribution in [0.1, 0.15) is 30.4 Å². The van der Waals surface area contributed by atoms with Gasteiger partial charge < -0.3 is 15.4 Å². The van der Waals surface area contributed by atoms with E-state index in [1.807, 2.05) is 54.6 Å². The number of carbonyl (C=O) groups is 1. The lowest BCUT2D eigenvalue weighted by molar-refractivity contribution is -0.121. The lowest BCUT2D eigenvalue weighted by atomic mass is 10.1. The first-order valence-corrected chi connectivity index (χ1v) is 8.55. The Bertz CT molecular complexity index is 634. The highest BCUT2D eigenvalue weighted by Gasteiger charge is 2.17. The number of amides is 1. The van der Waals surface area contributed by atoms with Crippen molar-refractivity contribution in [1.82, 2.24) is 10.6 Å². The molecule has 1 aliphatic heterocycles. The zero-order valence-electron chi connectivity index (χ0n) is 13.8. The van der Waals surface area contributed by atoms with Crippen LogP contribution in [0.5, 0.6) is 5.75 Å². The minimum absolute atomic E-state index is 0.110. The Morgan fingerprint density at radius 2 is 1.88 bits per heavy atom. The second-order valence-electron chi connectivity index (χ2n) is 6.19. The third-order valence-electron chi connectivity index (χ3n) is 4.26. The molecule has 1 atom stereocenters. The highest BCUT2D eigenvalue weighted by Crippen LogP contribution is 2.14. The van der Waals surface area contributed by atoms with E-state index in [1.54, 1.807) is 0 Å². The molecular formula is C20H24N2O2. The molecule has 0 aromatic heterocycles. The molecule has 126 valence electrons. The number of hydrogen-bond donors (Lipinski definition) is 2. The molecule has 2 aromatic carbocycles. The maximum absolute atomic E-state index is 11.9. The lowest BCUT2D eigenvalue weighted by Gasteiger charge is -2.11. The fourth-order valence-corrected chi connectivity index (χ4v) is 2.87. The summed E-state index contributed by atoms with van der Waals surface area (Å²) in [7, 11) is 0. The molecule has 2 aromatic rings. The van der Waals surface area contributed by atoms with Crippen LogP contribution in [0.15, 0.2) is 54.6 Å². The van der Waals surface area contributed by atoms with Crippen molar-refractivity contribution in [2.45, 2.75) is 38.5 Å². The number of ether oxygens (including phenoxy) is 1. The first kappa shape index (κ1) is 16.5. The quantitative estimate of drug-likeness (QED) is 0.823. The molecule has 1 fully saturated rings. The second kappa shape index (κ2) is 8.50. The first-order valence-electron chi connectivity index (χ1n) is 8.55. The first-order chi connectivity index (χ1) is 11.8. The van der Waals surface area contributed by atoms with Crippen molar-refractivity contribution < 1.29 is 9.53 Å². The summed E-state index contributed by atoms with van der Waals surface area (Å²) in [4.78, 5) is 11.9. The van der Waals surface area contributed by atoms with Crippen molar-refractivity contribution in [3.8, 4) is 5.75 Å². The highest BCUT2D eigenvalue weighted by atomic mass is 16.5. The third kappa shape index (κ3) is 5.10. The van der Waals surface area contributed by atoms with Gasteiger partial charge in [0.05, 0.1) is 0 Å². The highest BCUT2D eigenvalue weighted by molar-refractivity contribution is 5.76. The number of benzene rings is 2. The van der Waals surface area contributed by atoms with Gasteiger partial charge in [-0.3, -0.25) is 4.79 Å². The average Bonchev–Trinajstić information content (AvgIpc) is 3.13. The van der Waals surface area contributed by atoms with Crippen LogP contribution in [-0.4, -0.2) is 18.5 Å². The molecule has 2 N–H and O–H groups in total. The predicted octanol–water partition coefficient (Wildman–Crippen LogP) is 3.02. The molecular weight excluding hydrogens is 300 g/mol. The predicted molar refractivity (Wildman–Crippen MR) is 94.7 cm³/mol. The number of nitrogens with one attached hydrogen (secondary N) is 2. The summed E-state index contributed by atoms with van der Waals surface area (Å²) in [6, 6.07) is 18.3. The minimum Gasteiger partial charge on any atom is -0.489 e. The van der Waals surface area contributed by atoms with Crippen molar-refractivity contribution in [2.75, 3.05) is 6.54 Å². The van der Waals surface area contributed by atoms with Crippen molar-refractivity contribution >= 4 is 5.91 Å². The normalized spacial score (nSPS) is 16.8. The molecule has 0 radical (unpaired) electrons. The minimum atomic E-state index is 0.110. The van der Waals surface area contributed by atoms with Gasteiger partial charge in [0.15, 0.2) is 0 Å². The fraction of sp³-hybridized carbons (Fsp3) is 0.350. The van der Waals surface area contributed by atoms with E-state index in [2.05, 4.69) is 10.6 Å². The molecule has 1 saturated heterocycles. The van der Waals surface area contributed by atoms with Gasteiger partial charge in [-0.05, 0) is 42.6 Å². The number of carbonyl (C=O) groups excluding carboxylic acids is 1. The second-order valence-corrected chi connectivity index (χ2v) is 6.19. The van der Waals surface area contributed by atoms with Crippen LogP contribution >= 0.6 is 0 Å². The monoisotopic (exact) mass is 324 g/mol. The van der Waals surface area contributed by atoms with E-state index in [4.69, 9.17) is 4.74 Å². The van der Waals surface area contributed by atoms with Gasteiger partial charge in [0.2, 0.25) is 5.91 Å². The van der Waals surface area contributed by atoms with Crippen molar-refractivity contribution in [1.29, 1.82) is 0 Å². The van der Waals surface area contributed by atoms with Gasteiger partial charge in [-0.1, -0.05) is 42.5 Å². The van der Waals surface area contributed by atoms with Crippen LogP contribution in [0.25, 0.3) is 0 Å². The van der Waals surface area contributed by atoms with Crippen LogP contribution in [0.4, 0.5) is 0 Å². The molecule has 1 amide bonds. The number of hydrogen-bond acceptors (Lipinski definition) is 3. The molecule has 4 nitrogen and oxygen atoms in total. The van der Waals surface area contributed by atoms with Crippen LogP contribution in [-0.2, 0) is 17.9 Å². The molecule has 1 unspecified atom stereocenters. The smallest absolute Gasteiger partial charge is 0.221 e. The van der Waals surface area contributed by atoms with Crippen LogP contribution < -0.4 is 15.4 Å². The molecule has 1 heterocycles. The van der Waals surface area contributed by atoms with Gasteiger partial charge >= 0.3 is 0 Å². The molecule has 0 aliphatic carbocycles. The Morgan fingerprint density at radius 3 is 2.58 bits per heavy atom.